The Morgan fingerprint density at radius 1 is 1.30 bits per heavy atom. The van der Waals surface area contributed by atoms with Gasteiger partial charge in [-0.05, 0) is 32.0 Å². The summed E-state index contributed by atoms with van der Waals surface area (Å²) in [6, 6.07) is 4.76. The van der Waals surface area contributed by atoms with Gasteiger partial charge in [-0.3, -0.25) is 9.78 Å². The molecular weight excluding hydrogens is 280 g/mol. The molecule has 104 valence electrons. The molecule has 7 heteroatoms. The van der Waals surface area contributed by atoms with Crippen molar-refractivity contribution < 1.29 is 9.90 Å². The number of carbonyl (C=O) groups excluding carboxylic acids is 1. The number of aromatic nitrogens is 3. The summed E-state index contributed by atoms with van der Waals surface area (Å²) in [5.74, 6) is -0.505. The molecule has 0 aliphatic rings. The molecule has 20 heavy (non-hydrogen) atoms. The smallest absolute Gasteiger partial charge is 0.293 e. The second kappa shape index (κ2) is 5.52. The quantitative estimate of drug-likeness (QED) is 0.845. The van der Waals surface area contributed by atoms with Crippen molar-refractivity contribution in [2.75, 3.05) is 5.32 Å². The van der Waals surface area contributed by atoms with Crippen LogP contribution in [0.5, 0.6) is 0 Å². The van der Waals surface area contributed by atoms with E-state index in [-0.39, 0.29) is 11.0 Å². The number of hydrogen-bond acceptors (Lipinski definition) is 5. The van der Waals surface area contributed by atoms with E-state index in [4.69, 9.17) is 11.6 Å². The largest absolute Gasteiger partial charge is 0.384 e. The highest BCUT2D eigenvalue weighted by Crippen LogP contribution is 2.18. The first-order valence-electron chi connectivity index (χ1n) is 5.85. The second-order valence-corrected chi connectivity index (χ2v) is 5.04. The van der Waals surface area contributed by atoms with Gasteiger partial charge in [0.15, 0.2) is 0 Å². The minimum Gasteiger partial charge on any atom is -0.384 e. The van der Waals surface area contributed by atoms with Gasteiger partial charge in [-0.25, -0.2) is 9.97 Å². The molecule has 2 N–H and O–H groups in total. The lowest BCUT2D eigenvalue weighted by molar-refractivity contribution is 0.0739. The topological polar surface area (TPSA) is 88.0 Å². The van der Waals surface area contributed by atoms with E-state index in [0.29, 0.717) is 11.4 Å². The Kier molecular flexibility index (Phi) is 3.96. The summed E-state index contributed by atoms with van der Waals surface area (Å²) >= 11 is 5.69. The van der Waals surface area contributed by atoms with Gasteiger partial charge in [0.25, 0.3) is 5.91 Å². The zero-order chi connectivity index (χ0) is 14.8. The van der Waals surface area contributed by atoms with Crippen molar-refractivity contribution in [1.82, 2.24) is 15.0 Å². The van der Waals surface area contributed by atoms with Gasteiger partial charge in [0.2, 0.25) is 5.82 Å². The van der Waals surface area contributed by atoms with Crippen LogP contribution in [0.2, 0.25) is 5.15 Å². The Balaban J connectivity index is 2.12. The van der Waals surface area contributed by atoms with Crippen molar-refractivity contribution >= 4 is 23.2 Å². The number of carbonyl (C=O) groups is 1. The molecule has 2 aromatic heterocycles. The van der Waals surface area contributed by atoms with Crippen LogP contribution in [0.15, 0.2) is 30.6 Å². The zero-order valence-electron chi connectivity index (χ0n) is 11.0. The molecule has 0 saturated carbocycles. The second-order valence-electron chi connectivity index (χ2n) is 4.65. The zero-order valence-corrected chi connectivity index (χ0v) is 11.7. The highest BCUT2D eigenvalue weighted by molar-refractivity contribution is 6.29. The van der Waals surface area contributed by atoms with Crippen molar-refractivity contribution in [2.45, 2.75) is 19.4 Å². The maximum absolute atomic E-state index is 11.9. The molecule has 0 spiro atoms. The van der Waals surface area contributed by atoms with E-state index in [9.17, 15) is 9.90 Å². The predicted molar refractivity (Wildman–Crippen MR) is 74.5 cm³/mol. The highest BCUT2D eigenvalue weighted by atomic mass is 35.5. The normalized spacial score (nSPS) is 11.2. The lowest BCUT2D eigenvalue weighted by atomic mass is 10.1. The van der Waals surface area contributed by atoms with Crippen LogP contribution in [0.25, 0.3) is 0 Å². The Labute approximate surface area is 120 Å². The van der Waals surface area contributed by atoms with Crippen LogP contribution in [0.4, 0.5) is 5.69 Å². The molecule has 0 saturated heterocycles. The Bertz CT molecular complexity index is 623. The molecule has 0 aromatic carbocycles. The number of rotatable bonds is 3. The number of aliphatic hydroxyl groups is 1. The first-order valence-corrected chi connectivity index (χ1v) is 6.23. The summed E-state index contributed by atoms with van der Waals surface area (Å²) in [4.78, 5) is 23.6. The van der Waals surface area contributed by atoms with Gasteiger partial charge in [-0.15, -0.1) is 0 Å². The fourth-order valence-electron chi connectivity index (χ4n) is 1.46. The fourth-order valence-corrected chi connectivity index (χ4v) is 1.60. The number of pyridine rings is 1. The van der Waals surface area contributed by atoms with Gasteiger partial charge in [-0.2, -0.15) is 0 Å². The lowest BCUT2D eigenvalue weighted by Crippen LogP contribution is -2.18. The van der Waals surface area contributed by atoms with Gasteiger partial charge in [-0.1, -0.05) is 11.6 Å². The number of nitrogens with one attached hydrogen (secondary N) is 1. The van der Waals surface area contributed by atoms with Crippen molar-refractivity contribution in [2.24, 2.45) is 0 Å². The van der Waals surface area contributed by atoms with Gasteiger partial charge < -0.3 is 10.4 Å². The SMILES string of the molecule is CC(C)(O)c1ccc(NC(=O)c2nccc(Cl)n2)cn1. The van der Waals surface area contributed by atoms with Crippen LogP contribution < -0.4 is 5.32 Å². The van der Waals surface area contributed by atoms with Crippen molar-refractivity contribution in [1.29, 1.82) is 0 Å². The van der Waals surface area contributed by atoms with E-state index in [1.807, 2.05) is 0 Å². The first-order chi connectivity index (χ1) is 9.36. The van der Waals surface area contributed by atoms with E-state index in [2.05, 4.69) is 20.3 Å². The summed E-state index contributed by atoms with van der Waals surface area (Å²) in [5.41, 5.74) is -0.0421. The summed E-state index contributed by atoms with van der Waals surface area (Å²) < 4.78 is 0. The van der Waals surface area contributed by atoms with Crippen LogP contribution in [0.1, 0.15) is 30.2 Å². The molecule has 0 unspecified atom stereocenters. The number of anilines is 1. The molecule has 0 radical (unpaired) electrons. The summed E-state index contributed by atoms with van der Waals surface area (Å²) in [5, 5.41) is 12.6. The number of hydrogen-bond donors (Lipinski definition) is 2. The van der Waals surface area contributed by atoms with Crippen LogP contribution in [0, 0.1) is 0 Å². The van der Waals surface area contributed by atoms with Crippen molar-refractivity contribution in [3.63, 3.8) is 0 Å². The van der Waals surface area contributed by atoms with Crippen LogP contribution >= 0.6 is 11.6 Å². The van der Waals surface area contributed by atoms with E-state index >= 15 is 0 Å². The Morgan fingerprint density at radius 3 is 2.60 bits per heavy atom. The molecule has 0 aliphatic carbocycles. The first kappa shape index (κ1) is 14.4. The molecule has 6 nitrogen and oxygen atoms in total. The summed E-state index contributed by atoms with van der Waals surface area (Å²) in [7, 11) is 0. The van der Waals surface area contributed by atoms with E-state index in [1.165, 1.54) is 18.5 Å². The third kappa shape index (κ3) is 3.49. The number of halogens is 1. The van der Waals surface area contributed by atoms with Gasteiger partial charge >= 0.3 is 0 Å². The third-order valence-corrected chi connectivity index (χ3v) is 2.68. The van der Waals surface area contributed by atoms with Gasteiger partial charge in [0.1, 0.15) is 10.8 Å². The van der Waals surface area contributed by atoms with Gasteiger partial charge in [0.05, 0.1) is 17.6 Å². The average Bonchev–Trinajstić information content (AvgIpc) is 2.38. The Morgan fingerprint density at radius 2 is 2.05 bits per heavy atom. The molecule has 2 heterocycles. The predicted octanol–water partition coefficient (Wildman–Crippen LogP) is 2.00. The maximum atomic E-state index is 11.9. The molecule has 0 fully saturated rings. The minimum atomic E-state index is -1.03. The van der Waals surface area contributed by atoms with Crippen LogP contribution in [-0.4, -0.2) is 26.0 Å². The molecule has 0 bridgehead atoms. The maximum Gasteiger partial charge on any atom is 0.293 e. The molecule has 2 aromatic rings. The monoisotopic (exact) mass is 292 g/mol. The summed E-state index contributed by atoms with van der Waals surface area (Å²) in [6.45, 7) is 3.26. The van der Waals surface area contributed by atoms with E-state index in [1.54, 1.807) is 26.0 Å². The molecular formula is C13H13ClN4O2. The number of nitrogens with zero attached hydrogens (tertiary/aromatic N) is 3. The lowest BCUT2D eigenvalue weighted by Gasteiger charge is -2.16. The molecule has 0 aliphatic heterocycles. The highest BCUT2D eigenvalue weighted by Gasteiger charge is 2.17. The van der Waals surface area contributed by atoms with E-state index in [0.717, 1.165) is 0 Å². The van der Waals surface area contributed by atoms with Crippen molar-refractivity contribution in [3.8, 4) is 0 Å². The van der Waals surface area contributed by atoms with E-state index < -0.39 is 11.5 Å². The standard InChI is InChI=1S/C13H13ClN4O2/c1-13(2,20)9-4-3-8(7-16-9)17-12(19)11-15-6-5-10(14)18-11/h3-7,20H,1-2H3,(H,17,19). The third-order valence-electron chi connectivity index (χ3n) is 2.47. The van der Waals surface area contributed by atoms with Crippen LogP contribution in [-0.2, 0) is 5.60 Å². The average molecular weight is 293 g/mol. The minimum absolute atomic E-state index is 0.0240. The molecule has 1 amide bonds. The van der Waals surface area contributed by atoms with Crippen molar-refractivity contribution in [3.05, 3.63) is 47.3 Å². The fraction of sp³-hybridized carbons (Fsp3) is 0.231. The van der Waals surface area contributed by atoms with Gasteiger partial charge in [0, 0.05) is 6.20 Å². The number of amides is 1. The molecule has 2 rings (SSSR count). The summed E-state index contributed by atoms with van der Waals surface area (Å²) in [6.07, 6.45) is 2.86. The van der Waals surface area contributed by atoms with Crippen LogP contribution in [0.3, 0.4) is 0 Å². The molecule has 0 atom stereocenters. The Hall–Kier alpha value is -2.05.